The van der Waals surface area contributed by atoms with E-state index in [1.807, 2.05) is 0 Å². The average molecular weight is 281 g/mol. The number of rotatable bonds is 5. The predicted octanol–water partition coefficient (Wildman–Crippen LogP) is 3.90. The maximum absolute atomic E-state index is 5.98. The third kappa shape index (κ3) is 3.27. The van der Waals surface area contributed by atoms with Crippen molar-refractivity contribution in [3.8, 4) is 5.75 Å². The molecule has 0 spiro atoms. The van der Waals surface area contributed by atoms with E-state index in [0.717, 1.165) is 38.2 Å². The van der Waals surface area contributed by atoms with Crippen LogP contribution in [-0.4, -0.2) is 13.2 Å². The fourth-order valence-electron chi connectivity index (χ4n) is 3.08. The van der Waals surface area contributed by atoms with Gasteiger partial charge in [0.2, 0.25) is 0 Å². The van der Waals surface area contributed by atoms with E-state index in [1.165, 1.54) is 16.7 Å². The molecule has 3 rings (SSSR count). The minimum Gasteiger partial charge on any atom is -0.493 e. The van der Waals surface area contributed by atoms with Crippen molar-refractivity contribution in [2.75, 3.05) is 13.2 Å². The third-order valence-corrected chi connectivity index (χ3v) is 4.07. The fraction of sp³-hybridized carbons (Fsp3) is 0.368. The van der Waals surface area contributed by atoms with E-state index >= 15 is 0 Å². The Morgan fingerprint density at radius 1 is 1.10 bits per heavy atom. The molecule has 1 unspecified atom stereocenters. The van der Waals surface area contributed by atoms with Crippen LogP contribution in [-0.2, 0) is 12.8 Å². The molecule has 0 radical (unpaired) electrons. The van der Waals surface area contributed by atoms with E-state index in [2.05, 4.69) is 60.8 Å². The van der Waals surface area contributed by atoms with Crippen molar-refractivity contribution in [3.05, 3.63) is 65.2 Å². The second-order valence-electron chi connectivity index (χ2n) is 5.59. The first kappa shape index (κ1) is 14.2. The largest absolute Gasteiger partial charge is 0.493 e. The minimum atomic E-state index is 0.311. The molecule has 2 aromatic rings. The zero-order chi connectivity index (χ0) is 14.5. The van der Waals surface area contributed by atoms with Crippen molar-refractivity contribution >= 4 is 0 Å². The van der Waals surface area contributed by atoms with Gasteiger partial charge in [-0.3, -0.25) is 0 Å². The number of likely N-dealkylation sites (N-methyl/N-ethyl adjacent to an activating group) is 1. The summed E-state index contributed by atoms with van der Waals surface area (Å²) < 4.78 is 5.98. The summed E-state index contributed by atoms with van der Waals surface area (Å²) in [6.45, 7) is 3.96. The van der Waals surface area contributed by atoms with E-state index in [9.17, 15) is 0 Å². The minimum absolute atomic E-state index is 0.311. The number of fused-ring (bicyclic) bond motifs is 1. The molecule has 1 aliphatic rings. The van der Waals surface area contributed by atoms with Crippen LogP contribution in [0.4, 0.5) is 0 Å². The van der Waals surface area contributed by atoms with E-state index in [0.29, 0.717) is 6.04 Å². The summed E-state index contributed by atoms with van der Waals surface area (Å²) in [5.41, 5.74) is 4.02. The molecule has 0 saturated heterocycles. The zero-order valence-electron chi connectivity index (χ0n) is 12.6. The van der Waals surface area contributed by atoms with Crippen LogP contribution in [0, 0.1) is 0 Å². The molecule has 0 amide bonds. The molecule has 21 heavy (non-hydrogen) atoms. The standard InChI is InChI=1S/C19H23NO/c1-2-20-18(14-15-8-4-3-5-9-15)17-12-6-10-16-11-7-13-21-19(16)17/h3-6,8-10,12,18,20H,2,7,11,13-14H2,1H3. The molecular weight excluding hydrogens is 258 g/mol. The molecule has 1 aliphatic heterocycles. The van der Waals surface area contributed by atoms with E-state index in [1.54, 1.807) is 0 Å². The van der Waals surface area contributed by atoms with Gasteiger partial charge in [0.25, 0.3) is 0 Å². The molecule has 0 aliphatic carbocycles. The summed E-state index contributed by atoms with van der Waals surface area (Å²) >= 11 is 0. The number of aryl methyl sites for hydroxylation is 1. The summed E-state index contributed by atoms with van der Waals surface area (Å²) in [6.07, 6.45) is 3.25. The first-order chi connectivity index (χ1) is 10.4. The van der Waals surface area contributed by atoms with Crippen LogP contribution in [0.3, 0.4) is 0 Å². The van der Waals surface area contributed by atoms with Crippen LogP contribution in [0.2, 0.25) is 0 Å². The van der Waals surface area contributed by atoms with Gasteiger partial charge in [-0.2, -0.15) is 0 Å². The van der Waals surface area contributed by atoms with Gasteiger partial charge in [0, 0.05) is 11.6 Å². The lowest BCUT2D eigenvalue weighted by molar-refractivity contribution is 0.281. The smallest absolute Gasteiger partial charge is 0.127 e. The Morgan fingerprint density at radius 2 is 1.95 bits per heavy atom. The molecule has 110 valence electrons. The van der Waals surface area contributed by atoms with E-state index < -0.39 is 0 Å². The van der Waals surface area contributed by atoms with Crippen LogP contribution in [0.15, 0.2) is 48.5 Å². The van der Waals surface area contributed by atoms with E-state index in [-0.39, 0.29) is 0 Å². The number of para-hydroxylation sites is 1. The highest BCUT2D eigenvalue weighted by Gasteiger charge is 2.20. The Kier molecular flexibility index (Phi) is 4.56. The molecular formula is C19H23NO. The van der Waals surface area contributed by atoms with Crippen molar-refractivity contribution in [2.45, 2.75) is 32.2 Å². The van der Waals surface area contributed by atoms with Gasteiger partial charge >= 0.3 is 0 Å². The Bertz CT molecular complexity index is 579. The zero-order valence-corrected chi connectivity index (χ0v) is 12.6. The van der Waals surface area contributed by atoms with E-state index in [4.69, 9.17) is 4.74 Å². The van der Waals surface area contributed by atoms with Gasteiger partial charge in [-0.05, 0) is 36.9 Å². The number of hydrogen-bond acceptors (Lipinski definition) is 2. The molecule has 0 saturated carbocycles. The summed E-state index contributed by atoms with van der Waals surface area (Å²) in [5.74, 6) is 1.12. The average Bonchev–Trinajstić information content (AvgIpc) is 2.55. The maximum Gasteiger partial charge on any atom is 0.127 e. The molecule has 1 heterocycles. The van der Waals surface area contributed by atoms with Crippen LogP contribution in [0.25, 0.3) is 0 Å². The Balaban J connectivity index is 1.90. The molecule has 0 bridgehead atoms. The summed E-state index contributed by atoms with van der Waals surface area (Å²) in [7, 11) is 0. The van der Waals surface area contributed by atoms with Crippen LogP contribution >= 0.6 is 0 Å². The normalized spacial score (nSPS) is 15.1. The topological polar surface area (TPSA) is 21.3 Å². The second kappa shape index (κ2) is 6.77. The Morgan fingerprint density at radius 3 is 2.76 bits per heavy atom. The Hall–Kier alpha value is -1.80. The second-order valence-corrected chi connectivity index (χ2v) is 5.59. The van der Waals surface area contributed by atoms with Crippen LogP contribution < -0.4 is 10.1 Å². The molecule has 2 heteroatoms. The molecule has 0 aromatic heterocycles. The number of hydrogen-bond donors (Lipinski definition) is 1. The van der Waals surface area contributed by atoms with Crippen molar-refractivity contribution in [3.63, 3.8) is 0 Å². The lowest BCUT2D eigenvalue weighted by Crippen LogP contribution is -2.24. The third-order valence-electron chi connectivity index (χ3n) is 4.07. The Labute approximate surface area is 127 Å². The lowest BCUT2D eigenvalue weighted by atomic mass is 9.94. The molecule has 2 aromatic carbocycles. The highest BCUT2D eigenvalue weighted by molar-refractivity contribution is 5.45. The maximum atomic E-state index is 5.98. The molecule has 1 atom stereocenters. The highest BCUT2D eigenvalue weighted by atomic mass is 16.5. The van der Waals surface area contributed by atoms with Crippen LogP contribution in [0.5, 0.6) is 5.75 Å². The monoisotopic (exact) mass is 281 g/mol. The molecule has 1 N–H and O–H groups in total. The molecule has 0 fully saturated rings. The first-order valence-corrected chi connectivity index (χ1v) is 7.90. The van der Waals surface area contributed by atoms with Crippen molar-refractivity contribution in [2.24, 2.45) is 0 Å². The quantitative estimate of drug-likeness (QED) is 0.897. The summed E-state index contributed by atoms with van der Waals surface area (Å²) in [5, 5.41) is 3.62. The van der Waals surface area contributed by atoms with Gasteiger partial charge in [-0.1, -0.05) is 55.5 Å². The van der Waals surface area contributed by atoms with Crippen molar-refractivity contribution in [1.82, 2.24) is 5.32 Å². The van der Waals surface area contributed by atoms with Gasteiger partial charge in [0.1, 0.15) is 5.75 Å². The number of ether oxygens (including phenoxy) is 1. The van der Waals surface area contributed by atoms with Gasteiger partial charge in [-0.25, -0.2) is 0 Å². The fourth-order valence-corrected chi connectivity index (χ4v) is 3.08. The summed E-state index contributed by atoms with van der Waals surface area (Å²) in [6, 6.07) is 17.6. The number of benzene rings is 2. The van der Waals surface area contributed by atoms with Gasteiger partial charge in [-0.15, -0.1) is 0 Å². The molecule has 2 nitrogen and oxygen atoms in total. The SMILES string of the molecule is CCNC(Cc1ccccc1)c1cccc2c1OCCC2. The highest BCUT2D eigenvalue weighted by Crippen LogP contribution is 2.34. The van der Waals surface area contributed by atoms with Crippen LogP contribution in [0.1, 0.15) is 36.1 Å². The van der Waals surface area contributed by atoms with Gasteiger partial charge in [0.15, 0.2) is 0 Å². The first-order valence-electron chi connectivity index (χ1n) is 7.90. The lowest BCUT2D eigenvalue weighted by Gasteiger charge is -2.26. The number of nitrogens with one attached hydrogen (secondary N) is 1. The van der Waals surface area contributed by atoms with Crippen molar-refractivity contribution in [1.29, 1.82) is 0 Å². The van der Waals surface area contributed by atoms with Gasteiger partial charge < -0.3 is 10.1 Å². The van der Waals surface area contributed by atoms with Crippen molar-refractivity contribution < 1.29 is 4.74 Å². The summed E-state index contributed by atoms with van der Waals surface area (Å²) in [4.78, 5) is 0. The predicted molar refractivity (Wildman–Crippen MR) is 86.8 cm³/mol. The van der Waals surface area contributed by atoms with Gasteiger partial charge in [0.05, 0.1) is 6.61 Å².